The second kappa shape index (κ2) is 4.21. The topological polar surface area (TPSA) is 55.8 Å². The Morgan fingerprint density at radius 1 is 1.53 bits per heavy atom. The zero-order valence-corrected chi connectivity index (χ0v) is 9.29. The van der Waals surface area contributed by atoms with E-state index in [2.05, 4.69) is 11.8 Å². The first-order valence-electron chi connectivity index (χ1n) is 4.93. The van der Waals surface area contributed by atoms with Gasteiger partial charge < -0.3 is 14.6 Å². The number of aliphatic hydroxyl groups is 1. The van der Waals surface area contributed by atoms with Crippen molar-refractivity contribution in [3.63, 3.8) is 0 Å². The van der Waals surface area contributed by atoms with Gasteiger partial charge in [-0.1, -0.05) is 0 Å². The number of carbonyl (C=O) groups excluding carboxylic acids is 1. The summed E-state index contributed by atoms with van der Waals surface area (Å²) in [7, 11) is 0. The van der Waals surface area contributed by atoms with Crippen LogP contribution in [-0.4, -0.2) is 29.1 Å². The van der Waals surface area contributed by atoms with Crippen LogP contribution >= 0.6 is 0 Å². The molecule has 1 aliphatic rings. The zero-order valence-electron chi connectivity index (χ0n) is 9.29. The van der Waals surface area contributed by atoms with Crippen molar-refractivity contribution in [3.8, 4) is 11.8 Å². The van der Waals surface area contributed by atoms with Gasteiger partial charge in [0.2, 0.25) is 5.79 Å². The molecule has 4 nitrogen and oxygen atoms in total. The molecule has 0 aliphatic carbocycles. The Bertz CT molecular complexity index is 297. The molecule has 0 aromatic carbocycles. The van der Waals surface area contributed by atoms with Gasteiger partial charge in [-0.05, 0) is 33.1 Å². The minimum absolute atomic E-state index is 0.433. The fourth-order valence-electron chi connectivity index (χ4n) is 1.18. The van der Waals surface area contributed by atoms with Crippen LogP contribution in [0.1, 0.15) is 33.6 Å². The summed E-state index contributed by atoms with van der Waals surface area (Å²) in [6, 6.07) is 0. The van der Waals surface area contributed by atoms with Gasteiger partial charge in [0.15, 0.2) is 0 Å². The van der Waals surface area contributed by atoms with Crippen molar-refractivity contribution in [1.82, 2.24) is 0 Å². The van der Waals surface area contributed by atoms with Gasteiger partial charge in [-0.2, -0.15) is 0 Å². The van der Waals surface area contributed by atoms with Crippen LogP contribution in [0, 0.1) is 11.8 Å². The maximum Gasteiger partial charge on any atom is 0.385 e. The van der Waals surface area contributed by atoms with Gasteiger partial charge in [0.05, 0.1) is 6.61 Å². The first-order valence-corrected chi connectivity index (χ1v) is 4.93. The number of esters is 1. The van der Waals surface area contributed by atoms with E-state index in [0.717, 1.165) is 6.42 Å². The van der Waals surface area contributed by atoms with Crippen molar-refractivity contribution >= 4 is 5.97 Å². The smallest absolute Gasteiger partial charge is 0.385 e. The molecule has 1 N–H and O–H groups in total. The van der Waals surface area contributed by atoms with Crippen molar-refractivity contribution in [3.05, 3.63) is 0 Å². The highest BCUT2D eigenvalue weighted by atomic mass is 16.6. The highest BCUT2D eigenvalue weighted by Crippen LogP contribution is 2.21. The lowest BCUT2D eigenvalue weighted by molar-refractivity contribution is -0.148. The maximum absolute atomic E-state index is 11.2. The summed E-state index contributed by atoms with van der Waals surface area (Å²) in [6.07, 6.45) is 1.18. The van der Waals surface area contributed by atoms with Crippen LogP contribution in [0.15, 0.2) is 0 Å². The minimum Gasteiger partial charge on any atom is -0.450 e. The quantitative estimate of drug-likeness (QED) is 0.367. The Kier molecular flexibility index (Phi) is 3.38. The second-order valence-electron chi connectivity index (χ2n) is 4.49. The molecule has 0 bridgehead atoms. The summed E-state index contributed by atoms with van der Waals surface area (Å²) in [6.45, 7) is 5.74. The van der Waals surface area contributed by atoms with Crippen molar-refractivity contribution < 1.29 is 19.4 Å². The van der Waals surface area contributed by atoms with Crippen LogP contribution in [0.5, 0.6) is 0 Å². The molecule has 15 heavy (non-hydrogen) atoms. The third kappa shape index (κ3) is 4.32. The summed E-state index contributed by atoms with van der Waals surface area (Å²) < 4.78 is 9.96. The molecule has 84 valence electrons. The third-order valence-electron chi connectivity index (χ3n) is 1.76. The molecule has 1 unspecified atom stereocenters. The molecule has 0 radical (unpaired) electrons. The first-order chi connectivity index (χ1) is 6.81. The molecule has 1 aliphatic heterocycles. The molecule has 1 atom stereocenters. The van der Waals surface area contributed by atoms with Crippen LogP contribution in [0.25, 0.3) is 0 Å². The molecule has 0 aromatic heterocycles. The molecular weight excluding hydrogens is 196 g/mol. The lowest BCUT2D eigenvalue weighted by Crippen LogP contribution is -2.26. The van der Waals surface area contributed by atoms with Gasteiger partial charge >= 0.3 is 5.97 Å². The van der Waals surface area contributed by atoms with Crippen molar-refractivity contribution in [2.75, 3.05) is 6.61 Å². The largest absolute Gasteiger partial charge is 0.450 e. The normalized spacial score (nSPS) is 25.6. The van der Waals surface area contributed by atoms with Gasteiger partial charge in [0.25, 0.3) is 0 Å². The van der Waals surface area contributed by atoms with E-state index in [1.54, 1.807) is 20.8 Å². The molecule has 0 spiro atoms. The van der Waals surface area contributed by atoms with E-state index in [0.29, 0.717) is 13.0 Å². The molecule has 1 rings (SSSR count). The van der Waals surface area contributed by atoms with E-state index in [9.17, 15) is 9.90 Å². The summed E-state index contributed by atoms with van der Waals surface area (Å²) >= 11 is 0. The van der Waals surface area contributed by atoms with Crippen LogP contribution < -0.4 is 0 Å². The second-order valence-corrected chi connectivity index (χ2v) is 4.49. The predicted octanol–water partition coefficient (Wildman–Crippen LogP) is 0.830. The minimum atomic E-state index is -1.46. The summed E-state index contributed by atoms with van der Waals surface area (Å²) in [5.41, 5.74) is -0.565. The number of carbonyl (C=O) groups is 1. The summed E-state index contributed by atoms with van der Waals surface area (Å²) in [4.78, 5) is 11.2. The van der Waals surface area contributed by atoms with Crippen molar-refractivity contribution in [2.45, 2.75) is 45.0 Å². The van der Waals surface area contributed by atoms with E-state index in [4.69, 9.17) is 9.47 Å². The van der Waals surface area contributed by atoms with Crippen molar-refractivity contribution in [2.24, 2.45) is 0 Å². The van der Waals surface area contributed by atoms with Crippen LogP contribution in [0.4, 0.5) is 0 Å². The lowest BCUT2D eigenvalue weighted by atomic mass is 10.2. The van der Waals surface area contributed by atoms with Crippen LogP contribution in [-0.2, 0) is 14.3 Å². The van der Waals surface area contributed by atoms with E-state index in [1.807, 2.05) is 0 Å². The molecular formula is C11H16O4. The zero-order chi connectivity index (χ0) is 11.5. The number of ether oxygens (including phenoxy) is 2. The Morgan fingerprint density at radius 3 is 2.67 bits per heavy atom. The average molecular weight is 212 g/mol. The predicted molar refractivity (Wildman–Crippen MR) is 53.8 cm³/mol. The van der Waals surface area contributed by atoms with Gasteiger partial charge in [-0.3, -0.25) is 0 Å². The van der Waals surface area contributed by atoms with Gasteiger partial charge in [-0.15, -0.1) is 0 Å². The number of rotatable bonds is 0. The Hall–Kier alpha value is -1.05. The first kappa shape index (κ1) is 12.0. The van der Waals surface area contributed by atoms with E-state index in [1.165, 1.54) is 0 Å². The molecule has 1 fully saturated rings. The Balaban J connectivity index is 2.54. The van der Waals surface area contributed by atoms with E-state index >= 15 is 0 Å². The Morgan fingerprint density at radius 2 is 2.20 bits per heavy atom. The molecule has 0 aromatic rings. The molecule has 0 amide bonds. The monoisotopic (exact) mass is 212 g/mol. The highest BCUT2D eigenvalue weighted by molar-refractivity contribution is 5.88. The molecule has 0 saturated carbocycles. The molecule has 1 heterocycles. The molecule has 4 heteroatoms. The van der Waals surface area contributed by atoms with Crippen LogP contribution in [0.2, 0.25) is 0 Å². The number of hydrogen-bond acceptors (Lipinski definition) is 4. The maximum atomic E-state index is 11.2. The molecule has 1 saturated heterocycles. The SMILES string of the molecule is CC(C)(C)OC(=O)C#CC1(O)CCCO1. The average Bonchev–Trinajstić information content (AvgIpc) is 2.47. The van der Waals surface area contributed by atoms with Gasteiger partial charge in [0.1, 0.15) is 5.60 Å². The lowest BCUT2D eigenvalue weighted by Gasteiger charge is -2.17. The fourth-order valence-corrected chi connectivity index (χ4v) is 1.18. The van der Waals surface area contributed by atoms with Crippen LogP contribution in [0.3, 0.4) is 0 Å². The van der Waals surface area contributed by atoms with E-state index < -0.39 is 17.4 Å². The summed E-state index contributed by atoms with van der Waals surface area (Å²) in [5, 5.41) is 9.63. The third-order valence-corrected chi connectivity index (χ3v) is 1.76. The standard InChI is InChI=1S/C11H16O4/c1-10(2,3)15-9(12)5-7-11(13)6-4-8-14-11/h13H,4,6,8H2,1-3H3. The van der Waals surface area contributed by atoms with E-state index in [-0.39, 0.29) is 0 Å². The highest BCUT2D eigenvalue weighted by Gasteiger charge is 2.30. The fraction of sp³-hybridized carbons (Fsp3) is 0.727. The van der Waals surface area contributed by atoms with Gasteiger partial charge in [0, 0.05) is 12.3 Å². The number of hydrogen-bond donors (Lipinski definition) is 1. The Labute approximate surface area is 89.6 Å². The summed E-state index contributed by atoms with van der Waals surface area (Å²) in [5.74, 6) is 2.52. The van der Waals surface area contributed by atoms with Crippen molar-refractivity contribution in [1.29, 1.82) is 0 Å². The van der Waals surface area contributed by atoms with Gasteiger partial charge in [-0.25, -0.2) is 4.79 Å².